The summed E-state index contributed by atoms with van der Waals surface area (Å²) in [5.74, 6) is 0.628. The summed E-state index contributed by atoms with van der Waals surface area (Å²) >= 11 is 0. The Labute approximate surface area is 129 Å². The highest BCUT2D eigenvalue weighted by Gasteiger charge is 2.20. The van der Waals surface area contributed by atoms with E-state index in [9.17, 15) is 4.79 Å². The first-order valence-corrected chi connectivity index (χ1v) is 8.04. The predicted molar refractivity (Wildman–Crippen MR) is 89.4 cm³/mol. The highest BCUT2D eigenvalue weighted by Crippen LogP contribution is 2.15. The lowest BCUT2D eigenvalue weighted by Gasteiger charge is -2.26. The molecule has 0 saturated heterocycles. The van der Waals surface area contributed by atoms with E-state index in [-0.39, 0.29) is 11.4 Å². The van der Waals surface area contributed by atoms with Crippen LogP contribution in [-0.4, -0.2) is 18.0 Å². The monoisotopic (exact) mass is 290 g/mol. The van der Waals surface area contributed by atoms with Crippen LogP contribution < -0.4 is 11.1 Å². The summed E-state index contributed by atoms with van der Waals surface area (Å²) < 4.78 is 0. The summed E-state index contributed by atoms with van der Waals surface area (Å²) in [5.41, 5.74) is 8.46. The van der Waals surface area contributed by atoms with E-state index in [2.05, 4.69) is 57.3 Å². The molecular formula is C18H30N2O. The van der Waals surface area contributed by atoms with Crippen molar-refractivity contribution >= 4 is 5.91 Å². The quantitative estimate of drug-likeness (QED) is 0.771. The van der Waals surface area contributed by atoms with Crippen LogP contribution in [0.2, 0.25) is 0 Å². The van der Waals surface area contributed by atoms with Crippen molar-refractivity contribution in [1.29, 1.82) is 0 Å². The highest BCUT2D eigenvalue weighted by molar-refractivity contribution is 5.76. The summed E-state index contributed by atoms with van der Waals surface area (Å²) in [5, 5.41) is 2.96. The van der Waals surface area contributed by atoms with E-state index >= 15 is 0 Å². The third-order valence-corrected chi connectivity index (χ3v) is 4.33. The van der Waals surface area contributed by atoms with Gasteiger partial charge in [-0.3, -0.25) is 4.79 Å². The predicted octanol–water partition coefficient (Wildman–Crippen LogP) is 3.38. The lowest BCUT2D eigenvalue weighted by Crippen LogP contribution is -2.49. The van der Waals surface area contributed by atoms with Gasteiger partial charge in [-0.2, -0.15) is 0 Å². The molecule has 0 aliphatic heterocycles. The number of carbonyl (C=O) groups excluding carboxylic acids is 1. The van der Waals surface area contributed by atoms with Crippen molar-refractivity contribution in [1.82, 2.24) is 5.32 Å². The van der Waals surface area contributed by atoms with Crippen molar-refractivity contribution in [2.45, 2.75) is 64.8 Å². The lowest BCUT2D eigenvalue weighted by atomic mass is 9.94. The maximum absolute atomic E-state index is 11.9. The molecule has 0 spiro atoms. The summed E-state index contributed by atoms with van der Waals surface area (Å²) in [6.07, 6.45) is 3.05. The first-order valence-electron chi connectivity index (χ1n) is 8.04. The molecule has 0 saturated carbocycles. The van der Waals surface area contributed by atoms with Gasteiger partial charge in [0.1, 0.15) is 0 Å². The Hall–Kier alpha value is -1.35. The number of nitrogens with two attached hydrogens (primary N) is 1. The molecule has 0 radical (unpaired) electrons. The van der Waals surface area contributed by atoms with Gasteiger partial charge >= 0.3 is 0 Å². The zero-order valence-corrected chi connectivity index (χ0v) is 13.9. The van der Waals surface area contributed by atoms with Gasteiger partial charge in [0, 0.05) is 18.5 Å². The number of amides is 1. The molecule has 3 nitrogen and oxygen atoms in total. The first-order chi connectivity index (χ1) is 9.90. The number of nitrogens with one attached hydrogen (secondary N) is 1. The van der Waals surface area contributed by atoms with Crippen LogP contribution in [0.25, 0.3) is 0 Å². The third kappa shape index (κ3) is 5.88. The Bertz CT molecular complexity index is 433. The molecule has 0 fully saturated rings. The van der Waals surface area contributed by atoms with Crippen molar-refractivity contribution in [2.24, 2.45) is 5.73 Å². The fourth-order valence-corrected chi connectivity index (χ4v) is 2.19. The zero-order chi connectivity index (χ0) is 15.9. The van der Waals surface area contributed by atoms with E-state index in [1.807, 2.05) is 0 Å². The summed E-state index contributed by atoms with van der Waals surface area (Å²) in [4.78, 5) is 11.9. The molecule has 0 atom stereocenters. The van der Waals surface area contributed by atoms with Crippen LogP contribution in [0.15, 0.2) is 24.3 Å². The van der Waals surface area contributed by atoms with Crippen molar-refractivity contribution in [2.75, 3.05) is 6.54 Å². The topological polar surface area (TPSA) is 55.1 Å². The van der Waals surface area contributed by atoms with E-state index in [0.717, 1.165) is 19.3 Å². The SMILES string of the molecule is CCC(N)(CC)CNC(=O)CCc1ccc(C(C)C)cc1. The molecule has 0 unspecified atom stereocenters. The second-order valence-corrected chi connectivity index (χ2v) is 6.24. The van der Waals surface area contributed by atoms with Gasteiger partial charge in [-0.25, -0.2) is 0 Å². The number of benzene rings is 1. The fourth-order valence-electron chi connectivity index (χ4n) is 2.19. The molecule has 0 aromatic heterocycles. The van der Waals surface area contributed by atoms with Crippen molar-refractivity contribution in [3.05, 3.63) is 35.4 Å². The number of hydrogen-bond acceptors (Lipinski definition) is 2. The summed E-state index contributed by atoms with van der Waals surface area (Å²) in [6.45, 7) is 9.05. The number of hydrogen-bond donors (Lipinski definition) is 2. The zero-order valence-electron chi connectivity index (χ0n) is 13.9. The van der Waals surface area contributed by atoms with Crippen LogP contribution in [0.1, 0.15) is 64.0 Å². The van der Waals surface area contributed by atoms with Crippen molar-refractivity contribution in [3.8, 4) is 0 Å². The molecule has 118 valence electrons. The molecular weight excluding hydrogens is 260 g/mol. The molecule has 3 heteroatoms. The van der Waals surface area contributed by atoms with Gasteiger partial charge in [0.05, 0.1) is 0 Å². The fraction of sp³-hybridized carbons (Fsp3) is 0.611. The minimum Gasteiger partial charge on any atom is -0.354 e. The van der Waals surface area contributed by atoms with E-state index in [1.165, 1.54) is 11.1 Å². The Morgan fingerprint density at radius 1 is 1.19 bits per heavy atom. The second-order valence-electron chi connectivity index (χ2n) is 6.24. The first kappa shape index (κ1) is 17.7. The average Bonchev–Trinajstić information content (AvgIpc) is 2.51. The van der Waals surface area contributed by atoms with Gasteiger partial charge in [0.15, 0.2) is 0 Å². The Morgan fingerprint density at radius 2 is 1.76 bits per heavy atom. The smallest absolute Gasteiger partial charge is 0.220 e. The van der Waals surface area contributed by atoms with Crippen molar-refractivity contribution in [3.63, 3.8) is 0 Å². The van der Waals surface area contributed by atoms with E-state index < -0.39 is 0 Å². The van der Waals surface area contributed by atoms with Crippen LogP contribution in [0, 0.1) is 0 Å². The summed E-state index contributed by atoms with van der Waals surface area (Å²) in [6, 6.07) is 8.54. The van der Waals surface area contributed by atoms with Crippen molar-refractivity contribution < 1.29 is 4.79 Å². The number of aryl methyl sites for hydroxylation is 1. The molecule has 0 bridgehead atoms. The van der Waals surface area contributed by atoms with Gasteiger partial charge in [-0.15, -0.1) is 0 Å². The molecule has 0 heterocycles. The normalized spacial score (nSPS) is 11.7. The van der Waals surface area contributed by atoms with E-state index in [0.29, 0.717) is 18.9 Å². The Balaban J connectivity index is 2.39. The highest BCUT2D eigenvalue weighted by atomic mass is 16.1. The molecule has 0 aliphatic carbocycles. The van der Waals surface area contributed by atoms with Gasteiger partial charge in [-0.1, -0.05) is 52.0 Å². The molecule has 0 aliphatic rings. The molecule has 21 heavy (non-hydrogen) atoms. The molecule has 1 aromatic rings. The minimum atomic E-state index is -0.269. The second kappa shape index (κ2) is 8.18. The average molecular weight is 290 g/mol. The number of carbonyl (C=O) groups is 1. The number of rotatable bonds is 8. The standard InChI is InChI=1S/C18H30N2O/c1-5-18(19,6-2)13-20-17(21)12-9-15-7-10-16(11-8-15)14(3)4/h7-8,10-11,14H,5-6,9,12-13,19H2,1-4H3,(H,20,21). The molecule has 1 amide bonds. The largest absolute Gasteiger partial charge is 0.354 e. The molecule has 1 aromatic carbocycles. The maximum atomic E-state index is 11.9. The molecule has 1 rings (SSSR count). The van der Waals surface area contributed by atoms with E-state index in [4.69, 9.17) is 5.73 Å². The third-order valence-electron chi connectivity index (χ3n) is 4.33. The van der Waals surface area contributed by atoms with Gasteiger partial charge in [0.25, 0.3) is 0 Å². The van der Waals surface area contributed by atoms with Crippen LogP contribution in [-0.2, 0) is 11.2 Å². The van der Waals surface area contributed by atoms with Crippen LogP contribution in [0.5, 0.6) is 0 Å². The maximum Gasteiger partial charge on any atom is 0.220 e. The van der Waals surface area contributed by atoms with Gasteiger partial charge in [-0.05, 0) is 36.3 Å². The van der Waals surface area contributed by atoms with Crippen LogP contribution in [0.3, 0.4) is 0 Å². The Kier molecular flexibility index (Phi) is 6.90. The lowest BCUT2D eigenvalue weighted by molar-refractivity contribution is -0.121. The Morgan fingerprint density at radius 3 is 2.24 bits per heavy atom. The van der Waals surface area contributed by atoms with Crippen LogP contribution >= 0.6 is 0 Å². The molecule has 3 N–H and O–H groups in total. The summed E-state index contributed by atoms with van der Waals surface area (Å²) in [7, 11) is 0. The minimum absolute atomic E-state index is 0.0830. The van der Waals surface area contributed by atoms with E-state index in [1.54, 1.807) is 0 Å². The van der Waals surface area contributed by atoms with Crippen LogP contribution in [0.4, 0.5) is 0 Å². The van der Waals surface area contributed by atoms with Gasteiger partial charge in [0.2, 0.25) is 5.91 Å². The van der Waals surface area contributed by atoms with Gasteiger partial charge < -0.3 is 11.1 Å².